The molecule has 1 aliphatic heterocycles. The normalized spacial score (nSPS) is 18.3. The van der Waals surface area contributed by atoms with Crippen LogP contribution in [0.3, 0.4) is 0 Å². The van der Waals surface area contributed by atoms with Gasteiger partial charge in [0.15, 0.2) is 6.29 Å². The summed E-state index contributed by atoms with van der Waals surface area (Å²) in [6, 6.07) is 0. The smallest absolute Gasteiger partial charge is 0.225 e. The number of hydrogen-bond acceptors (Lipinski definition) is 6. The van der Waals surface area contributed by atoms with E-state index < -0.39 is 5.60 Å². The Bertz CT molecular complexity index is 402. The van der Waals surface area contributed by atoms with Crippen molar-refractivity contribution in [3.05, 3.63) is 18.0 Å². The van der Waals surface area contributed by atoms with Gasteiger partial charge >= 0.3 is 0 Å². The summed E-state index contributed by atoms with van der Waals surface area (Å²) in [5.74, 6) is 0.500. The van der Waals surface area contributed by atoms with Crippen LogP contribution in [0.1, 0.15) is 23.2 Å². The number of nitrogens with zero attached hydrogens (tertiary/aromatic N) is 3. The van der Waals surface area contributed by atoms with Crippen LogP contribution in [0.2, 0.25) is 0 Å². The molecule has 1 saturated heterocycles. The summed E-state index contributed by atoms with van der Waals surface area (Å²) in [6.07, 6.45) is 4.88. The number of aromatic nitrogens is 2. The lowest BCUT2D eigenvalue weighted by Gasteiger charge is -2.35. The van der Waals surface area contributed by atoms with Crippen molar-refractivity contribution in [2.45, 2.75) is 18.4 Å². The second-order valence-electron chi connectivity index (χ2n) is 4.63. The van der Waals surface area contributed by atoms with E-state index in [0.717, 1.165) is 0 Å². The van der Waals surface area contributed by atoms with E-state index in [4.69, 9.17) is 4.74 Å². The maximum atomic E-state index is 10.5. The number of aldehydes is 1. The van der Waals surface area contributed by atoms with Gasteiger partial charge in [0.25, 0.3) is 0 Å². The second-order valence-corrected chi connectivity index (χ2v) is 4.63. The van der Waals surface area contributed by atoms with Gasteiger partial charge in [-0.2, -0.15) is 0 Å². The van der Waals surface area contributed by atoms with Gasteiger partial charge in [0.1, 0.15) is 0 Å². The lowest BCUT2D eigenvalue weighted by Crippen LogP contribution is -2.46. The standard InChI is InChI=1S/C12H17N3O3/c1-15(9-12(17)2-4-18-5-3-12)11-13-6-10(8-16)7-14-11/h6-8,17H,2-5,9H2,1H3. The van der Waals surface area contributed by atoms with E-state index >= 15 is 0 Å². The first-order chi connectivity index (χ1) is 8.63. The van der Waals surface area contributed by atoms with Gasteiger partial charge in [0.2, 0.25) is 5.95 Å². The zero-order valence-corrected chi connectivity index (χ0v) is 10.4. The van der Waals surface area contributed by atoms with Gasteiger partial charge in [0.05, 0.1) is 11.2 Å². The van der Waals surface area contributed by atoms with Crippen LogP contribution in [0.4, 0.5) is 5.95 Å². The molecule has 98 valence electrons. The number of ether oxygens (including phenoxy) is 1. The maximum Gasteiger partial charge on any atom is 0.225 e. The minimum atomic E-state index is -0.750. The largest absolute Gasteiger partial charge is 0.388 e. The molecule has 2 heterocycles. The number of likely N-dealkylation sites (N-methyl/N-ethyl adjacent to an activating group) is 1. The Morgan fingerprint density at radius 1 is 1.44 bits per heavy atom. The quantitative estimate of drug-likeness (QED) is 0.774. The minimum Gasteiger partial charge on any atom is -0.388 e. The van der Waals surface area contributed by atoms with E-state index in [1.807, 2.05) is 7.05 Å². The maximum absolute atomic E-state index is 10.5. The Morgan fingerprint density at radius 3 is 2.61 bits per heavy atom. The highest BCUT2D eigenvalue weighted by atomic mass is 16.5. The topological polar surface area (TPSA) is 75.6 Å². The van der Waals surface area contributed by atoms with Crippen molar-refractivity contribution in [3.8, 4) is 0 Å². The van der Waals surface area contributed by atoms with Crippen LogP contribution >= 0.6 is 0 Å². The van der Waals surface area contributed by atoms with Crippen LogP contribution in [-0.4, -0.2) is 53.8 Å². The molecule has 0 amide bonds. The van der Waals surface area contributed by atoms with Crippen molar-refractivity contribution in [3.63, 3.8) is 0 Å². The van der Waals surface area contributed by atoms with Gasteiger partial charge in [-0.25, -0.2) is 9.97 Å². The highest BCUT2D eigenvalue weighted by Crippen LogP contribution is 2.22. The molecule has 1 aromatic rings. The predicted octanol–water partition coefficient (Wildman–Crippen LogP) is 0.267. The van der Waals surface area contributed by atoms with Crippen molar-refractivity contribution in [1.82, 2.24) is 9.97 Å². The molecule has 2 rings (SSSR count). The van der Waals surface area contributed by atoms with Crippen LogP contribution in [0.15, 0.2) is 12.4 Å². The Labute approximate surface area is 106 Å². The third-order valence-electron chi connectivity index (χ3n) is 3.09. The number of aliphatic hydroxyl groups is 1. The second kappa shape index (κ2) is 5.41. The monoisotopic (exact) mass is 251 g/mol. The summed E-state index contributed by atoms with van der Waals surface area (Å²) < 4.78 is 5.23. The van der Waals surface area contributed by atoms with Gasteiger partial charge in [-0.05, 0) is 0 Å². The van der Waals surface area contributed by atoms with E-state index in [2.05, 4.69) is 9.97 Å². The Kier molecular flexibility index (Phi) is 3.88. The average molecular weight is 251 g/mol. The van der Waals surface area contributed by atoms with Crippen LogP contribution in [0.5, 0.6) is 0 Å². The first-order valence-electron chi connectivity index (χ1n) is 5.91. The lowest BCUT2D eigenvalue weighted by molar-refractivity contribution is -0.0574. The molecule has 0 radical (unpaired) electrons. The molecule has 0 spiro atoms. The number of carbonyl (C=O) groups excluding carboxylic acids is 1. The summed E-state index contributed by atoms with van der Waals surface area (Å²) in [4.78, 5) is 20.5. The molecular formula is C12H17N3O3. The van der Waals surface area contributed by atoms with Crippen molar-refractivity contribution in [1.29, 1.82) is 0 Å². The number of anilines is 1. The van der Waals surface area contributed by atoms with Crippen LogP contribution in [0.25, 0.3) is 0 Å². The fraction of sp³-hybridized carbons (Fsp3) is 0.583. The van der Waals surface area contributed by atoms with E-state index in [9.17, 15) is 9.90 Å². The van der Waals surface area contributed by atoms with Crippen molar-refractivity contribution in [2.75, 3.05) is 31.7 Å². The van der Waals surface area contributed by atoms with E-state index in [-0.39, 0.29) is 0 Å². The Morgan fingerprint density at radius 2 is 2.06 bits per heavy atom. The zero-order valence-electron chi connectivity index (χ0n) is 10.4. The molecule has 1 fully saturated rings. The molecule has 1 N–H and O–H groups in total. The molecule has 0 saturated carbocycles. The number of carbonyl (C=O) groups is 1. The van der Waals surface area contributed by atoms with E-state index in [1.165, 1.54) is 12.4 Å². The van der Waals surface area contributed by atoms with E-state index in [0.29, 0.717) is 50.4 Å². The third kappa shape index (κ3) is 3.02. The molecule has 0 bridgehead atoms. The van der Waals surface area contributed by atoms with Gasteiger partial charge in [0, 0.05) is 52.0 Å². The summed E-state index contributed by atoms with van der Waals surface area (Å²) in [6.45, 7) is 1.61. The highest BCUT2D eigenvalue weighted by Gasteiger charge is 2.31. The third-order valence-corrected chi connectivity index (χ3v) is 3.09. The molecule has 0 atom stereocenters. The van der Waals surface area contributed by atoms with Crippen molar-refractivity contribution < 1.29 is 14.6 Å². The van der Waals surface area contributed by atoms with Crippen LogP contribution < -0.4 is 4.90 Å². The minimum absolute atomic E-state index is 0.442. The Hall–Kier alpha value is -1.53. The molecule has 0 aromatic carbocycles. The fourth-order valence-corrected chi connectivity index (χ4v) is 2.01. The molecule has 18 heavy (non-hydrogen) atoms. The fourth-order valence-electron chi connectivity index (χ4n) is 2.01. The molecule has 0 aliphatic carbocycles. The molecule has 1 aromatic heterocycles. The summed E-state index contributed by atoms with van der Waals surface area (Å²) in [5.41, 5.74) is -0.309. The first kappa shape index (κ1) is 12.9. The van der Waals surface area contributed by atoms with Gasteiger partial charge in [-0.3, -0.25) is 4.79 Å². The lowest BCUT2D eigenvalue weighted by atomic mass is 9.94. The summed E-state index contributed by atoms with van der Waals surface area (Å²) >= 11 is 0. The molecule has 6 nitrogen and oxygen atoms in total. The molecule has 0 unspecified atom stereocenters. The highest BCUT2D eigenvalue weighted by molar-refractivity contribution is 5.73. The molecule has 1 aliphatic rings. The number of rotatable bonds is 4. The van der Waals surface area contributed by atoms with Crippen LogP contribution in [0, 0.1) is 0 Å². The van der Waals surface area contributed by atoms with Crippen molar-refractivity contribution >= 4 is 12.2 Å². The predicted molar refractivity (Wildman–Crippen MR) is 65.7 cm³/mol. The van der Waals surface area contributed by atoms with Gasteiger partial charge in [-0.15, -0.1) is 0 Å². The SMILES string of the molecule is CN(CC1(O)CCOCC1)c1ncc(C=O)cn1. The van der Waals surface area contributed by atoms with Crippen molar-refractivity contribution in [2.24, 2.45) is 0 Å². The molecule has 6 heteroatoms. The summed E-state index contributed by atoms with van der Waals surface area (Å²) in [7, 11) is 1.82. The van der Waals surface area contributed by atoms with E-state index in [1.54, 1.807) is 4.90 Å². The van der Waals surface area contributed by atoms with Gasteiger partial charge < -0.3 is 14.7 Å². The first-order valence-corrected chi connectivity index (χ1v) is 5.91. The Balaban J connectivity index is 2.01. The van der Waals surface area contributed by atoms with Crippen LogP contribution in [-0.2, 0) is 4.74 Å². The zero-order chi connectivity index (χ0) is 13.0. The summed E-state index contributed by atoms with van der Waals surface area (Å²) in [5, 5.41) is 10.4. The number of hydrogen-bond donors (Lipinski definition) is 1. The molecular weight excluding hydrogens is 234 g/mol. The van der Waals surface area contributed by atoms with Gasteiger partial charge in [-0.1, -0.05) is 0 Å². The average Bonchev–Trinajstić information content (AvgIpc) is 2.39.